The van der Waals surface area contributed by atoms with Gasteiger partial charge < -0.3 is 15.5 Å². The molecule has 0 aliphatic carbocycles. The zero-order valence-corrected chi connectivity index (χ0v) is 10.1. The summed E-state index contributed by atoms with van der Waals surface area (Å²) in [7, 11) is 0. The maximum absolute atomic E-state index is 11.8. The van der Waals surface area contributed by atoms with E-state index in [4.69, 9.17) is 0 Å². The average Bonchev–Trinajstić information content (AvgIpc) is 2.36. The number of benzene rings is 2. The second kappa shape index (κ2) is 5.06. The maximum atomic E-state index is 11.8. The Morgan fingerprint density at radius 1 is 1.11 bits per heavy atom. The van der Waals surface area contributed by atoms with E-state index in [0.29, 0.717) is 12.1 Å². The van der Waals surface area contributed by atoms with Gasteiger partial charge in [0, 0.05) is 5.56 Å². The van der Waals surface area contributed by atoms with Gasteiger partial charge in [0.15, 0.2) is 17.3 Å². The van der Waals surface area contributed by atoms with Crippen molar-refractivity contribution in [2.24, 2.45) is 0 Å². The van der Waals surface area contributed by atoms with E-state index in [-0.39, 0.29) is 17.3 Å². The van der Waals surface area contributed by atoms with Crippen LogP contribution in [0.5, 0.6) is 11.5 Å². The molecule has 0 heterocycles. The van der Waals surface area contributed by atoms with Crippen molar-refractivity contribution in [2.45, 2.75) is 6.92 Å². The van der Waals surface area contributed by atoms with E-state index in [1.165, 1.54) is 12.1 Å². The van der Waals surface area contributed by atoms with E-state index >= 15 is 0 Å². The minimum absolute atomic E-state index is 0.00585. The van der Waals surface area contributed by atoms with Gasteiger partial charge >= 0.3 is 0 Å². The van der Waals surface area contributed by atoms with Crippen molar-refractivity contribution in [1.29, 1.82) is 0 Å². The zero-order chi connectivity index (χ0) is 13.1. The molecule has 2 aromatic rings. The fourth-order valence-corrected chi connectivity index (χ4v) is 1.79. The molecular weight excluding hydrogens is 230 g/mol. The third-order valence-corrected chi connectivity index (χ3v) is 2.79. The van der Waals surface area contributed by atoms with Crippen molar-refractivity contribution >= 4 is 16.6 Å². The van der Waals surface area contributed by atoms with Crippen LogP contribution in [0, 0.1) is 0 Å². The minimum atomic E-state index is -0.182. The molecule has 0 unspecified atom stereocenters. The van der Waals surface area contributed by atoms with E-state index in [2.05, 4.69) is 5.32 Å². The molecule has 4 heteroatoms. The smallest absolute Gasteiger partial charge is 0.176 e. The van der Waals surface area contributed by atoms with Crippen molar-refractivity contribution in [1.82, 2.24) is 5.32 Å². The van der Waals surface area contributed by atoms with E-state index in [9.17, 15) is 15.0 Å². The number of hydrogen-bond donors (Lipinski definition) is 3. The van der Waals surface area contributed by atoms with Gasteiger partial charge in [0.1, 0.15) is 0 Å². The largest absolute Gasteiger partial charge is 0.504 e. The Labute approximate surface area is 105 Å². The lowest BCUT2D eigenvalue weighted by atomic mass is 10.0. The van der Waals surface area contributed by atoms with E-state index in [1.54, 1.807) is 18.2 Å². The van der Waals surface area contributed by atoms with E-state index in [1.807, 2.05) is 6.92 Å². The first-order valence-electron chi connectivity index (χ1n) is 5.81. The van der Waals surface area contributed by atoms with Gasteiger partial charge in [-0.3, -0.25) is 4.79 Å². The Kier molecular flexibility index (Phi) is 3.48. The Bertz CT molecular complexity index is 593. The number of phenols is 2. The highest BCUT2D eigenvalue weighted by molar-refractivity contribution is 6.01. The molecule has 0 amide bonds. The standard InChI is InChI=1S/C14H15NO3/c1-2-15-8-14(18)10-4-3-9-6-12(16)13(17)7-11(9)5-10/h3-7,15-17H,2,8H2,1H3. The first-order valence-corrected chi connectivity index (χ1v) is 5.81. The molecule has 94 valence electrons. The number of fused-ring (bicyclic) bond motifs is 1. The van der Waals surface area contributed by atoms with Crippen molar-refractivity contribution in [2.75, 3.05) is 13.1 Å². The van der Waals surface area contributed by atoms with Gasteiger partial charge in [0.25, 0.3) is 0 Å². The summed E-state index contributed by atoms with van der Waals surface area (Å²) < 4.78 is 0. The number of carbonyl (C=O) groups excluding carboxylic acids is 1. The lowest BCUT2D eigenvalue weighted by Gasteiger charge is -2.05. The molecule has 0 saturated heterocycles. The summed E-state index contributed by atoms with van der Waals surface area (Å²) in [5.41, 5.74) is 0.591. The Hall–Kier alpha value is -2.07. The number of hydrogen-bond acceptors (Lipinski definition) is 4. The zero-order valence-electron chi connectivity index (χ0n) is 10.1. The van der Waals surface area contributed by atoms with Crippen molar-refractivity contribution in [3.05, 3.63) is 35.9 Å². The Balaban J connectivity index is 2.38. The first-order chi connectivity index (χ1) is 8.61. The summed E-state index contributed by atoms with van der Waals surface area (Å²) in [5, 5.41) is 23.3. The lowest BCUT2D eigenvalue weighted by molar-refractivity contribution is 0.0992. The van der Waals surface area contributed by atoms with Crippen LogP contribution in [0.3, 0.4) is 0 Å². The molecule has 18 heavy (non-hydrogen) atoms. The summed E-state index contributed by atoms with van der Waals surface area (Å²) in [6, 6.07) is 8.12. The SMILES string of the molecule is CCNCC(=O)c1ccc2cc(O)c(O)cc2c1. The molecule has 0 saturated carbocycles. The summed E-state index contributed by atoms with van der Waals surface area (Å²) >= 11 is 0. The average molecular weight is 245 g/mol. The molecule has 0 aliphatic heterocycles. The highest BCUT2D eigenvalue weighted by Crippen LogP contribution is 2.30. The van der Waals surface area contributed by atoms with Crippen LogP contribution in [-0.2, 0) is 0 Å². The number of nitrogens with one attached hydrogen (secondary N) is 1. The summed E-state index contributed by atoms with van der Waals surface area (Å²) in [6.45, 7) is 2.98. The molecule has 0 aliphatic rings. The second-order valence-corrected chi connectivity index (χ2v) is 4.11. The van der Waals surface area contributed by atoms with Crippen LogP contribution >= 0.6 is 0 Å². The molecule has 0 radical (unpaired) electrons. The number of likely N-dealkylation sites (N-methyl/N-ethyl adjacent to an activating group) is 1. The number of rotatable bonds is 4. The molecule has 0 spiro atoms. The van der Waals surface area contributed by atoms with Crippen LogP contribution in [-0.4, -0.2) is 29.1 Å². The third kappa shape index (κ3) is 2.43. The number of ketones is 1. The fraction of sp³-hybridized carbons (Fsp3) is 0.214. The van der Waals surface area contributed by atoms with Gasteiger partial charge in [0.05, 0.1) is 6.54 Å². The van der Waals surface area contributed by atoms with Gasteiger partial charge in [-0.25, -0.2) is 0 Å². The van der Waals surface area contributed by atoms with Gasteiger partial charge in [-0.05, 0) is 35.5 Å². The normalized spacial score (nSPS) is 10.7. The third-order valence-electron chi connectivity index (χ3n) is 2.79. The summed E-state index contributed by atoms with van der Waals surface area (Å²) in [5.74, 6) is -0.334. The first kappa shape index (κ1) is 12.4. The molecule has 0 bridgehead atoms. The maximum Gasteiger partial charge on any atom is 0.176 e. The van der Waals surface area contributed by atoms with Crippen LogP contribution in [0.2, 0.25) is 0 Å². The monoisotopic (exact) mass is 245 g/mol. The second-order valence-electron chi connectivity index (χ2n) is 4.11. The molecule has 2 rings (SSSR count). The molecule has 3 N–H and O–H groups in total. The molecule has 2 aromatic carbocycles. The fourth-order valence-electron chi connectivity index (χ4n) is 1.79. The highest BCUT2D eigenvalue weighted by Gasteiger charge is 2.07. The van der Waals surface area contributed by atoms with Crippen LogP contribution in [0.25, 0.3) is 10.8 Å². The molecule has 0 atom stereocenters. The molecule has 0 fully saturated rings. The van der Waals surface area contributed by atoms with E-state index < -0.39 is 0 Å². The highest BCUT2D eigenvalue weighted by atomic mass is 16.3. The van der Waals surface area contributed by atoms with Crippen molar-refractivity contribution < 1.29 is 15.0 Å². The molecule has 4 nitrogen and oxygen atoms in total. The van der Waals surface area contributed by atoms with Crippen molar-refractivity contribution in [3.63, 3.8) is 0 Å². The van der Waals surface area contributed by atoms with Crippen LogP contribution in [0.4, 0.5) is 0 Å². The topological polar surface area (TPSA) is 69.6 Å². The van der Waals surface area contributed by atoms with Crippen LogP contribution < -0.4 is 5.32 Å². The van der Waals surface area contributed by atoms with Crippen LogP contribution in [0.15, 0.2) is 30.3 Å². The molecular formula is C14H15NO3. The van der Waals surface area contributed by atoms with Crippen molar-refractivity contribution in [3.8, 4) is 11.5 Å². The summed E-state index contributed by atoms with van der Waals surface area (Å²) in [6.07, 6.45) is 0. The van der Waals surface area contributed by atoms with Gasteiger partial charge in [0.2, 0.25) is 0 Å². The quantitative estimate of drug-likeness (QED) is 0.569. The number of aromatic hydroxyl groups is 2. The number of phenolic OH excluding ortho intramolecular Hbond substituents is 2. The molecule has 0 aromatic heterocycles. The predicted molar refractivity (Wildman–Crippen MR) is 70.2 cm³/mol. The minimum Gasteiger partial charge on any atom is -0.504 e. The Morgan fingerprint density at radius 3 is 2.44 bits per heavy atom. The lowest BCUT2D eigenvalue weighted by Crippen LogP contribution is -2.22. The number of carbonyl (C=O) groups is 1. The van der Waals surface area contributed by atoms with Crippen LogP contribution in [0.1, 0.15) is 17.3 Å². The summed E-state index contributed by atoms with van der Waals surface area (Å²) in [4.78, 5) is 11.8. The number of Topliss-reactive ketones (excluding diaryl/α,β-unsaturated/α-hetero) is 1. The van der Waals surface area contributed by atoms with Gasteiger partial charge in [-0.2, -0.15) is 0 Å². The van der Waals surface area contributed by atoms with E-state index in [0.717, 1.165) is 17.3 Å². The Morgan fingerprint density at radius 2 is 1.78 bits per heavy atom. The van der Waals surface area contributed by atoms with Gasteiger partial charge in [-0.15, -0.1) is 0 Å². The van der Waals surface area contributed by atoms with Gasteiger partial charge in [-0.1, -0.05) is 19.1 Å². The predicted octanol–water partition coefficient (Wildman–Crippen LogP) is 2.04.